The molecule has 0 aliphatic carbocycles. The highest BCUT2D eigenvalue weighted by Gasteiger charge is 2.29. The molecule has 4 aromatic rings. The van der Waals surface area contributed by atoms with E-state index in [1.807, 2.05) is 52.1 Å². The van der Waals surface area contributed by atoms with Crippen LogP contribution in [0.5, 0.6) is 5.75 Å². The van der Waals surface area contributed by atoms with Gasteiger partial charge < -0.3 is 9.64 Å². The summed E-state index contributed by atoms with van der Waals surface area (Å²) < 4.78 is 21.2. The number of thiazole rings is 1. The number of amides is 1. The fourth-order valence-electron chi connectivity index (χ4n) is 4.32. The van der Waals surface area contributed by atoms with E-state index in [4.69, 9.17) is 9.72 Å². The Morgan fingerprint density at radius 3 is 2.84 bits per heavy atom. The van der Waals surface area contributed by atoms with Gasteiger partial charge in [0.25, 0.3) is 0 Å². The predicted octanol–water partition coefficient (Wildman–Crippen LogP) is 5.51. The number of nitrogens with zero attached hydrogens (tertiary/aromatic N) is 3. The summed E-state index contributed by atoms with van der Waals surface area (Å²) in [6.07, 6.45) is 3.86. The molecule has 2 aromatic carbocycles. The number of hydrogen-bond donors (Lipinski definition) is 0. The van der Waals surface area contributed by atoms with Crippen molar-refractivity contribution in [2.75, 3.05) is 11.5 Å². The van der Waals surface area contributed by atoms with Crippen molar-refractivity contribution < 1.29 is 13.9 Å². The van der Waals surface area contributed by atoms with Crippen LogP contribution in [-0.4, -0.2) is 27.9 Å². The third-order valence-corrected chi connectivity index (χ3v) is 6.81. The molecule has 0 saturated carbocycles. The largest absolute Gasteiger partial charge is 0.494 e. The summed E-state index contributed by atoms with van der Waals surface area (Å²) in [6.45, 7) is 4.64. The van der Waals surface area contributed by atoms with Crippen molar-refractivity contribution >= 4 is 27.9 Å². The summed E-state index contributed by atoms with van der Waals surface area (Å²) in [5.41, 5.74) is 4.48. The van der Waals surface area contributed by atoms with Gasteiger partial charge in [-0.05, 0) is 74.7 Å². The topological polar surface area (TPSA) is 46.8 Å². The molecule has 7 heteroatoms. The third kappa shape index (κ3) is 3.77. The Kier molecular flexibility index (Phi) is 5.43. The van der Waals surface area contributed by atoms with Gasteiger partial charge in [0.15, 0.2) is 4.96 Å². The Morgan fingerprint density at radius 1 is 1.25 bits per heavy atom. The average molecular weight is 450 g/mol. The molecule has 0 spiro atoms. The Bertz CT molecular complexity index is 1280. The molecule has 5 rings (SSSR count). The quantitative estimate of drug-likeness (QED) is 0.404. The molecule has 1 amide bonds. The minimum atomic E-state index is -0.259. The number of carbonyl (C=O) groups excluding carboxylic acids is 1. The zero-order valence-electron chi connectivity index (χ0n) is 18.0. The first kappa shape index (κ1) is 20.7. The van der Waals surface area contributed by atoms with E-state index in [1.54, 1.807) is 12.1 Å². The molecular weight excluding hydrogens is 425 g/mol. The standard InChI is InChI=1S/C25H24FN3O2S/c1-3-31-21-9-6-17(7-10-21)22-14-28-20(15-32-25(28)27-22)13-24(30)29-16(2)4-5-18-12-19(26)8-11-23(18)29/h6-12,14-16H,3-5,13H2,1-2H3. The highest BCUT2D eigenvalue weighted by molar-refractivity contribution is 7.15. The number of halogens is 1. The van der Waals surface area contributed by atoms with Gasteiger partial charge in [-0.25, -0.2) is 9.37 Å². The molecule has 1 atom stereocenters. The number of fused-ring (bicyclic) bond motifs is 2. The number of hydrogen-bond acceptors (Lipinski definition) is 4. The minimum Gasteiger partial charge on any atom is -0.494 e. The fraction of sp³-hybridized carbons (Fsp3) is 0.280. The normalized spacial score (nSPS) is 15.7. The number of benzene rings is 2. The van der Waals surface area contributed by atoms with Crippen LogP contribution < -0.4 is 9.64 Å². The van der Waals surface area contributed by atoms with E-state index in [-0.39, 0.29) is 24.2 Å². The highest BCUT2D eigenvalue weighted by atomic mass is 32.1. The molecule has 0 N–H and O–H groups in total. The van der Waals surface area contributed by atoms with Crippen molar-refractivity contribution in [1.29, 1.82) is 0 Å². The number of aryl methyl sites for hydroxylation is 1. The summed E-state index contributed by atoms with van der Waals surface area (Å²) in [7, 11) is 0. The first-order chi connectivity index (χ1) is 15.5. The van der Waals surface area contributed by atoms with Gasteiger partial charge in [-0.15, -0.1) is 11.3 Å². The molecule has 32 heavy (non-hydrogen) atoms. The molecule has 3 heterocycles. The number of carbonyl (C=O) groups is 1. The van der Waals surface area contributed by atoms with Gasteiger partial charge in [0, 0.05) is 34.6 Å². The first-order valence-electron chi connectivity index (χ1n) is 10.8. The van der Waals surface area contributed by atoms with Crippen molar-refractivity contribution in [2.24, 2.45) is 0 Å². The fourth-order valence-corrected chi connectivity index (χ4v) is 5.20. The van der Waals surface area contributed by atoms with Gasteiger partial charge >= 0.3 is 0 Å². The highest BCUT2D eigenvalue weighted by Crippen LogP contribution is 2.32. The summed E-state index contributed by atoms with van der Waals surface area (Å²) >= 11 is 1.52. The summed E-state index contributed by atoms with van der Waals surface area (Å²) in [5.74, 6) is 0.589. The monoisotopic (exact) mass is 449 g/mol. The lowest BCUT2D eigenvalue weighted by Crippen LogP contribution is -2.43. The van der Waals surface area contributed by atoms with Crippen LogP contribution in [0, 0.1) is 5.82 Å². The molecule has 1 aliphatic rings. The SMILES string of the molecule is CCOc1ccc(-c2cn3c(CC(=O)N4c5ccc(F)cc5CCC4C)csc3n2)cc1. The number of ether oxygens (including phenoxy) is 1. The van der Waals surface area contributed by atoms with E-state index < -0.39 is 0 Å². The van der Waals surface area contributed by atoms with Crippen LogP contribution in [0.15, 0.2) is 54.0 Å². The lowest BCUT2D eigenvalue weighted by atomic mass is 9.96. The van der Waals surface area contributed by atoms with Gasteiger partial charge in [-0.3, -0.25) is 9.20 Å². The average Bonchev–Trinajstić information content (AvgIpc) is 3.36. The van der Waals surface area contributed by atoms with Crippen LogP contribution in [0.1, 0.15) is 31.5 Å². The van der Waals surface area contributed by atoms with Gasteiger partial charge in [0.05, 0.1) is 18.7 Å². The second kappa shape index (κ2) is 8.39. The maximum absolute atomic E-state index is 13.7. The van der Waals surface area contributed by atoms with E-state index in [2.05, 4.69) is 6.92 Å². The lowest BCUT2D eigenvalue weighted by Gasteiger charge is -2.35. The molecule has 2 aromatic heterocycles. The Labute approximate surface area is 190 Å². The molecule has 5 nitrogen and oxygen atoms in total. The summed E-state index contributed by atoms with van der Waals surface area (Å²) in [4.78, 5) is 20.7. The van der Waals surface area contributed by atoms with Crippen LogP contribution in [-0.2, 0) is 17.6 Å². The van der Waals surface area contributed by atoms with Crippen molar-refractivity contribution in [3.8, 4) is 17.0 Å². The molecule has 164 valence electrons. The lowest BCUT2D eigenvalue weighted by molar-refractivity contribution is -0.118. The Hall–Kier alpha value is -3.19. The van der Waals surface area contributed by atoms with Gasteiger partial charge in [0.1, 0.15) is 11.6 Å². The maximum Gasteiger partial charge on any atom is 0.233 e. The third-order valence-electron chi connectivity index (χ3n) is 5.92. The van der Waals surface area contributed by atoms with Gasteiger partial charge in [-0.2, -0.15) is 0 Å². The summed E-state index contributed by atoms with van der Waals surface area (Å²) in [6, 6.07) is 12.6. The second-order valence-electron chi connectivity index (χ2n) is 8.06. The van der Waals surface area contributed by atoms with Crippen LogP contribution in [0.2, 0.25) is 0 Å². The second-order valence-corrected chi connectivity index (χ2v) is 8.90. The Morgan fingerprint density at radius 2 is 2.06 bits per heavy atom. The molecule has 0 bridgehead atoms. The van der Waals surface area contributed by atoms with Crippen LogP contribution in [0.25, 0.3) is 16.2 Å². The zero-order chi connectivity index (χ0) is 22.2. The van der Waals surface area contributed by atoms with E-state index in [9.17, 15) is 9.18 Å². The molecule has 0 saturated heterocycles. The maximum atomic E-state index is 13.7. The van der Waals surface area contributed by atoms with Gasteiger partial charge in [-0.1, -0.05) is 0 Å². The number of rotatable bonds is 5. The van der Waals surface area contributed by atoms with Crippen LogP contribution in [0.4, 0.5) is 10.1 Å². The number of aromatic nitrogens is 2. The minimum absolute atomic E-state index is 0.0149. The molecule has 1 aliphatic heterocycles. The van der Waals surface area contributed by atoms with E-state index in [0.717, 1.165) is 51.8 Å². The first-order valence-corrected chi connectivity index (χ1v) is 11.7. The molecule has 0 radical (unpaired) electrons. The Balaban J connectivity index is 1.41. The van der Waals surface area contributed by atoms with Crippen molar-refractivity contribution in [3.05, 3.63) is 71.1 Å². The van der Waals surface area contributed by atoms with Gasteiger partial charge in [0.2, 0.25) is 5.91 Å². The van der Waals surface area contributed by atoms with Crippen molar-refractivity contribution in [1.82, 2.24) is 9.38 Å². The predicted molar refractivity (Wildman–Crippen MR) is 125 cm³/mol. The smallest absolute Gasteiger partial charge is 0.233 e. The van der Waals surface area contributed by atoms with E-state index >= 15 is 0 Å². The molecule has 1 unspecified atom stereocenters. The van der Waals surface area contributed by atoms with E-state index in [1.165, 1.54) is 17.4 Å². The van der Waals surface area contributed by atoms with Crippen molar-refractivity contribution in [3.63, 3.8) is 0 Å². The number of anilines is 1. The molecule has 0 fully saturated rings. The van der Waals surface area contributed by atoms with Crippen LogP contribution >= 0.6 is 11.3 Å². The van der Waals surface area contributed by atoms with E-state index in [0.29, 0.717) is 6.61 Å². The molecular formula is C25H24FN3O2S. The van der Waals surface area contributed by atoms with Crippen LogP contribution in [0.3, 0.4) is 0 Å². The summed E-state index contributed by atoms with van der Waals surface area (Å²) in [5, 5.41) is 1.99. The van der Waals surface area contributed by atoms with Crippen molar-refractivity contribution in [2.45, 2.75) is 39.2 Å². The zero-order valence-corrected chi connectivity index (χ0v) is 18.9. The number of imidazole rings is 1.